The fraction of sp³-hybridized carbons (Fsp3) is 0.320. The Morgan fingerprint density at radius 2 is 1.78 bits per heavy atom. The minimum Gasteiger partial charge on any atom is -0.494 e. The molecule has 36 heavy (non-hydrogen) atoms. The lowest BCUT2D eigenvalue weighted by Crippen LogP contribution is -2.57. The van der Waals surface area contributed by atoms with Crippen LogP contribution in [-0.4, -0.2) is 74.4 Å². The maximum atomic E-state index is 13.5. The highest BCUT2D eigenvalue weighted by molar-refractivity contribution is 5.93. The second-order valence-electron chi connectivity index (χ2n) is 8.11. The van der Waals surface area contributed by atoms with Crippen molar-refractivity contribution < 1.29 is 28.1 Å². The topological polar surface area (TPSA) is 112 Å². The smallest absolute Gasteiger partial charge is 0.273 e. The van der Waals surface area contributed by atoms with Crippen molar-refractivity contribution in [2.45, 2.75) is 6.04 Å². The quantitative estimate of drug-likeness (QED) is 0.502. The summed E-state index contributed by atoms with van der Waals surface area (Å²) in [5.41, 5.74) is 6.79. The number of pyridine rings is 2. The van der Waals surface area contributed by atoms with Crippen molar-refractivity contribution >= 4 is 17.4 Å². The van der Waals surface area contributed by atoms with Crippen molar-refractivity contribution in [3.05, 3.63) is 60.3 Å². The van der Waals surface area contributed by atoms with Crippen molar-refractivity contribution in [2.24, 2.45) is 0 Å². The van der Waals surface area contributed by atoms with Gasteiger partial charge < -0.3 is 34.5 Å². The largest absolute Gasteiger partial charge is 0.494 e. The van der Waals surface area contributed by atoms with Gasteiger partial charge in [0.2, 0.25) is 0 Å². The van der Waals surface area contributed by atoms with Crippen molar-refractivity contribution in [3.8, 4) is 23.0 Å². The summed E-state index contributed by atoms with van der Waals surface area (Å²) in [6.45, 7) is 1.81. The summed E-state index contributed by atoms with van der Waals surface area (Å²) in [5, 5.41) is 0. The predicted molar refractivity (Wildman–Crippen MR) is 131 cm³/mol. The fourth-order valence-electron chi connectivity index (χ4n) is 4.08. The number of aromatic nitrogens is 2. The minimum absolute atomic E-state index is 0.208. The van der Waals surface area contributed by atoms with E-state index in [1.807, 2.05) is 0 Å². The maximum absolute atomic E-state index is 13.5. The number of nitrogens with zero attached hydrogens (tertiary/aromatic N) is 4. The van der Waals surface area contributed by atoms with Gasteiger partial charge in [0.05, 0.1) is 44.9 Å². The molecule has 1 aliphatic heterocycles. The average Bonchev–Trinajstić information content (AvgIpc) is 2.90. The Balaban J connectivity index is 1.53. The maximum Gasteiger partial charge on any atom is 0.273 e. The molecule has 1 saturated heterocycles. The predicted octanol–water partition coefficient (Wildman–Crippen LogP) is 2.98. The summed E-state index contributed by atoms with van der Waals surface area (Å²) >= 11 is 0. The third kappa shape index (κ3) is 5.41. The molecular formula is C25H28FN5O5. The number of hydrogen-bond donors (Lipinski definition) is 1. The highest BCUT2D eigenvalue weighted by Gasteiger charge is 2.33. The fourth-order valence-corrected chi connectivity index (χ4v) is 4.08. The zero-order valence-corrected chi connectivity index (χ0v) is 20.3. The second kappa shape index (κ2) is 11.1. The summed E-state index contributed by atoms with van der Waals surface area (Å²) in [6.07, 6.45) is 3.09. The monoisotopic (exact) mass is 497 g/mol. The molecular weight excluding hydrogens is 469 g/mol. The van der Waals surface area contributed by atoms with Crippen LogP contribution in [0.4, 0.5) is 15.9 Å². The first-order chi connectivity index (χ1) is 17.4. The van der Waals surface area contributed by atoms with E-state index in [1.165, 1.54) is 43.6 Å². The van der Waals surface area contributed by atoms with Crippen molar-refractivity contribution in [1.29, 1.82) is 0 Å². The number of amides is 1. The molecule has 4 rings (SSSR count). The number of methoxy groups -OCH3 is 3. The summed E-state index contributed by atoms with van der Waals surface area (Å²) in [6, 6.07) is 8.52. The van der Waals surface area contributed by atoms with E-state index in [1.54, 1.807) is 31.4 Å². The molecule has 2 aromatic heterocycles. The lowest BCUT2D eigenvalue weighted by atomic mass is 10.1. The summed E-state index contributed by atoms with van der Waals surface area (Å²) in [4.78, 5) is 25.8. The second-order valence-corrected chi connectivity index (χ2v) is 8.11. The molecule has 0 bridgehead atoms. The van der Waals surface area contributed by atoms with Gasteiger partial charge in [0.25, 0.3) is 5.91 Å². The number of ether oxygens (including phenoxy) is 4. The molecule has 10 nitrogen and oxygen atoms in total. The van der Waals surface area contributed by atoms with Gasteiger partial charge in [-0.1, -0.05) is 0 Å². The first-order valence-electron chi connectivity index (χ1n) is 11.2. The number of piperazine rings is 1. The molecule has 0 saturated carbocycles. The standard InChI is InChI=1S/C25H28FN5O5/c1-33-15-17-14-30(20-12-29-24(27)11-21(20)34-2)8-9-31(17)25(32)19-10-22(35-3)23(13-28-19)36-18-6-4-16(26)5-7-18/h4-7,10-13,17H,8-9,14-15H2,1-3H3,(H2,27,29). The van der Waals surface area contributed by atoms with Crippen LogP contribution < -0.4 is 24.8 Å². The Kier molecular flexibility index (Phi) is 7.69. The number of halogens is 1. The van der Waals surface area contributed by atoms with Gasteiger partial charge in [0.1, 0.15) is 28.8 Å². The Bertz CT molecular complexity index is 1210. The number of nitrogens with two attached hydrogens (primary N) is 1. The molecule has 1 amide bonds. The van der Waals surface area contributed by atoms with Gasteiger partial charge in [0, 0.05) is 38.9 Å². The van der Waals surface area contributed by atoms with E-state index in [-0.39, 0.29) is 23.5 Å². The van der Waals surface area contributed by atoms with Crippen LogP contribution in [0.1, 0.15) is 10.5 Å². The molecule has 3 aromatic rings. The zero-order valence-electron chi connectivity index (χ0n) is 20.3. The van der Waals surface area contributed by atoms with E-state index in [9.17, 15) is 9.18 Å². The third-order valence-corrected chi connectivity index (χ3v) is 5.84. The highest BCUT2D eigenvalue weighted by atomic mass is 19.1. The van der Waals surface area contributed by atoms with E-state index in [0.717, 1.165) is 5.69 Å². The molecule has 1 fully saturated rings. The van der Waals surface area contributed by atoms with E-state index in [4.69, 9.17) is 24.7 Å². The van der Waals surface area contributed by atoms with Crippen LogP contribution in [0.5, 0.6) is 23.0 Å². The SMILES string of the molecule is COCC1CN(c2cnc(N)cc2OC)CCN1C(=O)c1cc(OC)c(Oc2ccc(F)cc2)cn1. The van der Waals surface area contributed by atoms with Gasteiger partial charge >= 0.3 is 0 Å². The molecule has 2 N–H and O–H groups in total. The molecule has 1 aromatic carbocycles. The van der Waals surface area contributed by atoms with Gasteiger partial charge in [0.15, 0.2) is 11.5 Å². The molecule has 190 valence electrons. The van der Waals surface area contributed by atoms with Crippen LogP contribution in [-0.2, 0) is 4.74 Å². The lowest BCUT2D eigenvalue weighted by molar-refractivity contribution is 0.0494. The number of carbonyl (C=O) groups excluding carboxylic acids is 1. The zero-order chi connectivity index (χ0) is 25.7. The number of nitrogen functional groups attached to an aromatic ring is 1. The molecule has 3 heterocycles. The van der Waals surface area contributed by atoms with Crippen molar-refractivity contribution in [1.82, 2.24) is 14.9 Å². The molecule has 0 spiro atoms. The van der Waals surface area contributed by atoms with Gasteiger partial charge in [-0.25, -0.2) is 14.4 Å². The summed E-state index contributed by atoms with van der Waals surface area (Å²) in [5.74, 6) is 1.40. The Morgan fingerprint density at radius 3 is 2.47 bits per heavy atom. The van der Waals surface area contributed by atoms with Gasteiger partial charge in [-0.3, -0.25) is 4.79 Å². The number of anilines is 2. The van der Waals surface area contributed by atoms with Gasteiger partial charge in [-0.05, 0) is 24.3 Å². The van der Waals surface area contributed by atoms with Crippen molar-refractivity contribution in [3.63, 3.8) is 0 Å². The van der Waals surface area contributed by atoms with Crippen LogP contribution >= 0.6 is 0 Å². The highest BCUT2D eigenvalue weighted by Crippen LogP contribution is 2.33. The van der Waals surface area contributed by atoms with Crippen LogP contribution in [0.15, 0.2) is 48.8 Å². The van der Waals surface area contributed by atoms with Gasteiger partial charge in [-0.2, -0.15) is 0 Å². The molecule has 1 atom stereocenters. The number of carbonyl (C=O) groups is 1. The average molecular weight is 498 g/mol. The molecule has 0 radical (unpaired) electrons. The van der Waals surface area contributed by atoms with Crippen LogP contribution in [0.2, 0.25) is 0 Å². The molecule has 0 aliphatic carbocycles. The summed E-state index contributed by atoms with van der Waals surface area (Å²) in [7, 11) is 4.64. The first kappa shape index (κ1) is 25.0. The van der Waals surface area contributed by atoms with Crippen LogP contribution in [0.25, 0.3) is 0 Å². The molecule has 1 unspecified atom stereocenters. The van der Waals surface area contributed by atoms with Crippen LogP contribution in [0, 0.1) is 5.82 Å². The van der Waals surface area contributed by atoms with E-state index < -0.39 is 0 Å². The van der Waals surface area contributed by atoms with E-state index in [2.05, 4.69) is 14.9 Å². The van der Waals surface area contributed by atoms with Crippen molar-refractivity contribution in [2.75, 3.05) is 58.2 Å². The van der Waals surface area contributed by atoms with Crippen LogP contribution in [0.3, 0.4) is 0 Å². The minimum atomic E-state index is -0.370. The Morgan fingerprint density at radius 1 is 1.03 bits per heavy atom. The Hall–Kier alpha value is -4.12. The van der Waals surface area contributed by atoms with E-state index >= 15 is 0 Å². The number of rotatable bonds is 8. The first-order valence-corrected chi connectivity index (χ1v) is 11.2. The number of hydrogen-bond acceptors (Lipinski definition) is 9. The van der Waals surface area contributed by atoms with E-state index in [0.29, 0.717) is 55.1 Å². The lowest BCUT2D eigenvalue weighted by Gasteiger charge is -2.42. The third-order valence-electron chi connectivity index (χ3n) is 5.84. The normalized spacial score (nSPS) is 15.5. The number of benzene rings is 1. The molecule has 11 heteroatoms. The Labute approximate surface area is 208 Å². The van der Waals surface area contributed by atoms with Gasteiger partial charge in [-0.15, -0.1) is 0 Å². The summed E-state index contributed by atoms with van der Waals surface area (Å²) < 4.78 is 35.3. The molecule has 1 aliphatic rings.